The number of halogens is 5. The van der Waals surface area contributed by atoms with E-state index in [-0.39, 0.29) is 3.70 Å². The van der Waals surface area contributed by atoms with Gasteiger partial charge in [0.25, 0.3) is 10.9 Å². The van der Waals surface area contributed by atoms with Gasteiger partial charge in [0.1, 0.15) is 9.26 Å². The first kappa shape index (κ1) is 14.9. The van der Waals surface area contributed by atoms with E-state index < -0.39 is 33.7 Å². The minimum atomic E-state index is -5.05. The van der Waals surface area contributed by atoms with Crippen molar-refractivity contribution in [2.45, 2.75) is 6.36 Å². The number of rotatable bonds is 3. The van der Waals surface area contributed by atoms with Crippen molar-refractivity contribution in [3.05, 3.63) is 25.4 Å². The van der Waals surface area contributed by atoms with Crippen LogP contribution in [-0.2, 0) is 0 Å². The second-order valence-corrected chi connectivity index (χ2v) is 4.09. The Labute approximate surface area is 115 Å². The standard InChI is InChI=1S/C7HClF3IN2O4/c8-5(15)4-2(14(16)17)1-3(13-6(4)12)18-7(9,10)11/h1H. The van der Waals surface area contributed by atoms with Crippen molar-refractivity contribution in [2.75, 3.05) is 0 Å². The molecule has 0 radical (unpaired) electrons. The van der Waals surface area contributed by atoms with E-state index in [4.69, 9.17) is 11.6 Å². The molecular weight excluding hydrogens is 395 g/mol. The van der Waals surface area contributed by atoms with Gasteiger partial charge in [-0.05, 0) is 34.2 Å². The molecule has 0 amide bonds. The van der Waals surface area contributed by atoms with Gasteiger partial charge >= 0.3 is 6.36 Å². The molecule has 0 atom stereocenters. The fraction of sp³-hybridized carbons (Fsp3) is 0.143. The monoisotopic (exact) mass is 396 g/mol. The van der Waals surface area contributed by atoms with E-state index in [1.54, 1.807) is 0 Å². The summed E-state index contributed by atoms with van der Waals surface area (Å²) in [6, 6.07) is 0.380. The average molecular weight is 396 g/mol. The van der Waals surface area contributed by atoms with Crippen LogP contribution in [0.15, 0.2) is 6.07 Å². The first-order chi connectivity index (χ1) is 8.11. The molecule has 0 unspecified atom stereocenters. The van der Waals surface area contributed by atoms with E-state index in [2.05, 4.69) is 9.72 Å². The van der Waals surface area contributed by atoms with E-state index in [1.165, 1.54) is 22.6 Å². The van der Waals surface area contributed by atoms with Crippen LogP contribution in [0.1, 0.15) is 10.4 Å². The first-order valence-corrected chi connectivity index (χ1v) is 5.38. The molecule has 11 heteroatoms. The zero-order valence-corrected chi connectivity index (χ0v) is 10.9. The number of pyridine rings is 1. The molecule has 1 heterocycles. The molecule has 0 aliphatic carbocycles. The SMILES string of the molecule is O=C(Cl)c1c([N+](=O)[O-])cc(OC(F)(F)F)nc1I. The first-order valence-electron chi connectivity index (χ1n) is 3.92. The van der Waals surface area contributed by atoms with Crippen molar-refractivity contribution in [2.24, 2.45) is 0 Å². The summed E-state index contributed by atoms with van der Waals surface area (Å²) in [4.78, 5) is 23.8. The van der Waals surface area contributed by atoms with Crippen molar-refractivity contribution >= 4 is 45.1 Å². The number of alkyl halides is 3. The van der Waals surface area contributed by atoms with E-state index in [0.29, 0.717) is 6.07 Å². The van der Waals surface area contributed by atoms with Gasteiger partial charge in [-0.1, -0.05) is 0 Å². The van der Waals surface area contributed by atoms with Gasteiger partial charge < -0.3 is 4.74 Å². The number of aromatic nitrogens is 1. The second-order valence-electron chi connectivity index (χ2n) is 2.72. The maximum Gasteiger partial charge on any atom is 0.574 e. The van der Waals surface area contributed by atoms with Gasteiger partial charge in [-0.15, -0.1) is 13.2 Å². The number of nitrogens with zero attached hydrogens (tertiary/aromatic N) is 2. The number of carbonyl (C=O) groups is 1. The third kappa shape index (κ3) is 3.66. The van der Waals surface area contributed by atoms with Crippen LogP contribution in [0.4, 0.5) is 18.9 Å². The van der Waals surface area contributed by atoms with E-state index >= 15 is 0 Å². The summed E-state index contributed by atoms with van der Waals surface area (Å²) in [5.74, 6) is -1.04. The van der Waals surface area contributed by atoms with Crippen LogP contribution in [0.2, 0.25) is 0 Å². The highest BCUT2D eigenvalue weighted by Crippen LogP contribution is 2.30. The number of hydrogen-bond acceptors (Lipinski definition) is 5. The Hall–Kier alpha value is -1.17. The predicted molar refractivity (Wildman–Crippen MR) is 60.5 cm³/mol. The Morgan fingerprint density at radius 1 is 1.56 bits per heavy atom. The Kier molecular flexibility index (Phi) is 4.32. The molecule has 0 aliphatic rings. The van der Waals surface area contributed by atoms with E-state index in [1.807, 2.05) is 0 Å². The van der Waals surface area contributed by atoms with Crippen molar-refractivity contribution in [1.82, 2.24) is 4.98 Å². The lowest BCUT2D eigenvalue weighted by molar-refractivity contribution is -0.385. The molecule has 1 aromatic rings. The van der Waals surface area contributed by atoms with Crippen molar-refractivity contribution < 1.29 is 27.6 Å². The van der Waals surface area contributed by atoms with Gasteiger partial charge in [0.2, 0.25) is 5.88 Å². The summed E-state index contributed by atoms with van der Waals surface area (Å²) >= 11 is 6.44. The van der Waals surface area contributed by atoms with E-state index in [9.17, 15) is 28.1 Å². The Morgan fingerprint density at radius 2 is 2.11 bits per heavy atom. The topological polar surface area (TPSA) is 82.3 Å². The van der Waals surface area contributed by atoms with Gasteiger partial charge in [0.15, 0.2) is 0 Å². The lowest BCUT2D eigenvalue weighted by Gasteiger charge is -2.09. The van der Waals surface area contributed by atoms with Crippen molar-refractivity contribution in [3.8, 4) is 5.88 Å². The van der Waals surface area contributed by atoms with E-state index in [0.717, 1.165) is 0 Å². The van der Waals surface area contributed by atoms with Gasteiger partial charge in [-0.2, -0.15) is 0 Å². The molecule has 1 rings (SSSR count). The molecule has 98 valence electrons. The lowest BCUT2D eigenvalue weighted by atomic mass is 10.2. The van der Waals surface area contributed by atoms with Crippen LogP contribution in [0.25, 0.3) is 0 Å². The van der Waals surface area contributed by atoms with Crippen molar-refractivity contribution in [3.63, 3.8) is 0 Å². The summed E-state index contributed by atoms with van der Waals surface area (Å²) in [6.45, 7) is 0. The van der Waals surface area contributed by atoms with Crippen LogP contribution < -0.4 is 4.74 Å². The van der Waals surface area contributed by atoms with Crippen LogP contribution in [0.5, 0.6) is 5.88 Å². The number of nitro groups is 1. The molecule has 18 heavy (non-hydrogen) atoms. The highest BCUT2D eigenvalue weighted by atomic mass is 127. The molecule has 6 nitrogen and oxygen atoms in total. The number of ether oxygens (including phenoxy) is 1. The van der Waals surface area contributed by atoms with Gasteiger partial charge in [0, 0.05) is 0 Å². The van der Waals surface area contributed by atoms with Crippen LogP contribution >= 0.6 is 34.2 Å². The van der Waals surface area contributed by atoms with Crippen LogP contribution in [0, 0.1) is 13.8 Å². The predicted octanol–water partition coefficient (Wildman–Crippen LogP) is 2.87. The zero-order valence-electron chi connectivity index (χ0n) is 7.99. The maximum absolute atomic E-state index is 11.9. The highest BCUT2D eigenvalue weighted by molar-refractivity contribution is 14.1. The second kappa shape index (κ2) is 5.22. The molecule has 0 aliphatic heterocycles. The normalized spacial score (nSPS) is 11.2. The Morgan fingerprint density at radius 3 is 2.50 bits per heavy atom. The fourth-order valence-electron chi connectivity index (χ4n) is 0.976. The average Bonchev–Trinajstić information content (AvgIpc) is 2.12. The third-order valence-corrected chi connectivity index (χ3v) is 2.51. The highest BCUT2D eigenvalue weighted by Gasteiger charge is 2.34. The zero-order chi connectivity index (χ0) is 14.1. The number of hydrogen-bond donors (Lipinski definition) is 0. The minimum absolute atomic E-state index is 0.360. The molecule has 0 saturated heterocycles. The summed E-state index contributed by atoms with van der Waals surface area (Å²) in [5.41, 5.74) is -1.49. The molecule has 0 saturated carbocycles. The van der Waals surface area contributed by atoms with Gasteiger partial charge in [0.05, 0.1) is 11.0 Å². The Balaban J connectivity index is 3.37. The van der Waals surface area contributed by atoms with Gasteiger partial charge in [-0.25, -0.2) is 4.98 Å². The maximum atomic E-state index is 11.9. The largest absolute Gasteiger partial charge is 0.574 e. The third-order valence-electron chi connectivity index (χ3n) is 1.54. The van der Waals surface area contributed by atoms with Crippen molar-refractivity contribution in [1.29, 1.82) is 0 Å². The molecular formula is C7HClF3IN2O4. The summed E-state index contributed by atoms with van der Waals surface area (Å²) < 4.78 is 38.9. The molecule has 0 N–H and O–H groups in total. The molecule has 0 bridgehead atoms. The van der Waals surface area contributed by atoms with Crippen LogP contribution in [-0.4, -0.2) is 21.5 Å². The van der Waals surface area contributed by atoms with Gasteiger partial charge in [-0.3, -0.25) is 14.9 Å². The summed E-state index contributed by atoms with van der Waals surface area (Å²) in [5, 5.41) is 9.43. The summed E-state index contributed by atoms with van der Waals surface area (Å²) in [7, 11) is 0. The minimum Gasteiger partial charge on any atom is -0.388 e. The molecule has 1 aromatic heterocycles. The quantitative estimate of drug-likeness (QED) is 0.258. The molecule has 0 spiro atoms. The smallest absolute Gasteiger partial charge is 0.388 e. The lowest BCUT2D eigenvalue weighted by Crippen LogP contribution is -2.19. The van der Waals surface area contributed by atoms with Crippen LogP contribution in [0.3, 0.4) is 0 Å². The molecule has 0 fully saturated rings. The molecule has 0 aromatic carbocycles. The fourth-order valence-corrected chi connectivity index (χ4v) is 2.08. The number of carbonyl (C=O) groups excluding carboxylic acids is 1. The summed E-state index contributed by atoms with van der Waals surface area (Å²) in [6.07, 6.45) is -5.05. The Bertz CT molecular complexity index is 522.